The molecule has 0 saturated carbocycles. The van der Waals surface area contributed by atoms with E-state index in [1.165, 1.54) is 18.4 Å². The highest BCUT2D eigenvalue weighted by molar-refractivity contribution is 7.19. The van der Waals surface area contributed by atoms with Gasteiger partial charge in [-0.2, -0.15) is 10.1 Å². The van der Waals surface area contributed by atoms with Gasteiger partial charge in [-0.1, -0.05) is 22.6 Å². The number of thiazole rings is 1. The standard InChI is InChI=1S/C27H28N8O5S/c1-13-7-8-15(29-25(36)18-9-14(2)35(3)33-18)10-17(13)24-32-26(40-34-24)22-23(28)31-27(41-22)30-16-11-19(37-4)21(39-6)20(12-16)38-5/h7-12H,28H2,1-6H3,(H,29,36)(H,30,31). The summed E-state index contributed by atoms with van der Waals surface area (Å²) in [5.41, 5.74) is 10.2. The van der Waals surface area contributed by atoms with Crippen molar-refractivity contribution in [1.82, 2.24) is 24.9 Å². The van der Waals surface area contributed by atoms with Gasteiger partial charge in [0.1, 0.15) is 10.7 Å². The van der Waals surface area contributed by atoms with Crippen molar-refractivity contribution < 1.29 is 23.5 Å². The van der Waals surface area contributed by atoms with E-state index >= 15 is 0 Å². The number of aryl methyl sites for hydroxylation is 3. The van der Waals surface area contributed by atoms with Crippen LogP contribution in [0.1, 0.15) is 21.7 Å². The molecule has 0 unspecified atom stereocenters. The van der Waals surface area contributed by atoms with Crippen LogP contribution < -0.4 is 30.6 Å². The van der Waals surface area contributed by atoms with Gasteiger partial charge in [-0.3, -0.25) is 9.48 Å². The molecule has 0 radical (unpaired) electrons. The van der Waals surface area contributed by atoms with E-state index in [1.807, 2.05) is 19.9 Å². The van der Waals surface area contributed by atoms with Gasteiger partial charge in [0.2, 0.25) is 11.6 Å². The normalized spacial score (nSPS) is 10.9. The molecule has 4 N–H and O–H groups in total. The maximum Gasteiger partial charge on any atom is 0.276 e. The number of nitrogens with one attached hydrogen (secondary N) is 2. The Morgan fingerprint density at radius 2 is 1.73 bits per heavy atom. The Balaban J connectivity index is 1.38. The number of methoxy groups -OCH3 is 3. The van der Waals surface area contributed by atoms with Gasteiger partial charge in [-0.25, -0.2) is 4.98 Å². The molecule has 5 aromatic rings. The molecular formula is C27H28N8O5S. The highest BCUT2D eigenvalue weighted by Crippen LogP contribution is 2.42. The molecule has 5 rings (SSSR count). The molecule has 13 nitrogen and oxygen atoms in total. The number of rotatable bonds is 9. The van der Waals surface area contributed by atoms with Gasteiger partial charge in [0.05, 0.1) is 21.3 Å². The van der Waals surface area contributed by atoms with Crippen LogP contribution in [-0.4, -0.2) is 52.1 Å². The van der Waals surface area contributed by atoms with Crippen molar-refractivity contribution in [3.05, 3.63) is 53.3 Å². The van der Waals surface area contributed by atoms with Crippen LogP contribution in [0, 0.1) is 13.8 Å². The quantitative estimate of drug-likeness (QED) is 0.220. The number of carbonyl (C=O) groups is 1. The molecular weight excluding hydrogens is 548 g/mol. The van der Waals surface area contributed by atoms with Gasteiger partial charge >= 0.3 is 0 Å². The lowest BCUT2D eigenvalue weighted by Gasteiger charge is -2.14. The minimum atomic E-state index is -0.318. The molecule has 14 heteroatoms. The first-order valence-corrected chi connectivity index (χ1v) is 13.1. The summed E-state index contributed by atoms with van der Waals surface area (Å²) in [7, 11) is 6.41. The van der Waals surface area contributed by atoms with E-state index in [1.54, 1.807) is 56.3 Å². The molecule has 3 heterocycles. The molecule has 0 fully saturated rings. The predicted molar refractivity (Wildman–Crippen MR) is 155 cm³/mol. The van der Waals surface area contributed by atoms with E-state index in [0.717, 1.165) is 11.3 Å². The van der Waals surface area contributed by atoms with Gasteiger partial charge in [-0.15, -0.1) is 0 Å². The summed E-state index contributed by atoms with van der Waals surface area (Å²) >= 11 is 1.25. The van der Waals surface area contributed by atoms with Crippen LogP contribution in [0.5, 0.6) is 17.2 Å². The van der Waals surface area contributed by atoms with Crippen molar-refractivity contribution in [2.75, 3.05) is 37.7 Å². The highest BCUT2D eigenvalue weighted by Gasteiger charge is 2.21. The minimum absolute atomic E-state index is 0.214. The monoisotopic (exact) mass is 576 g/mol. The Labute approximate surface area is 239 Å². The Morgan fingerprint density at radius 3 is 2.37 bits per heavy atom. The first-order valence-electron chi connectivity index (χ1n) is 12.3. The summed E-state index contributed by atoms with van der Waals surface area (Å²) in [5, 5.41) is 15.0. The topological polar surface area (TPSA) is 164 Å². The zero-order valence-corrected chi connectivity index (χ0v) is 24.0. The number of anilines is 4. The number of hydrogen-bond donors (Lipinski definition) is 3. The van der Waals surface area contributed by atoms with Crippen molar-refractivity contribution >= 4 is 39.6 Å². The third kappa shape index (κ3) is 5.49. The van der Waals surface area contributed by atoms with Crippen LogP contribution in [-0.2, 0) is 7.05 Å². The van der Waals surface area contributed by atoms with E-state index in [9.17, 15) is 4.79 Å². The highest BCUT2D eigenvalue weighted by atomic mass is 32.1. The second-order valence-electron chi connectivity index (χ2n) is 8.97. The number of amides is 1. The van der Waals surface area contributed by atoms with E-state index in [4.69, 9.17) is 24.5 Å². The Hall–Kier alpha value is -5.11. The van der Waals surface area contributed by atoms with Crippen molar-refractivity contribution in [3.8, 4) is 39.4 Å². The predicted octanol–water partition coefficient (Wildman–Crippen LogP) is 4.81. The minimum Gasteiger partial charge on any atom is -0.493 e. The fraction of sp³-hybridized carbons (Fsp3) is 0.222. The Morgan fingerprint density at radius 1 is 1.00 bits per heavy atom. The third-order valence-corrected chi connectivity index (χ3v) is 7.25. The number of carbonyl (C=O) groups excluding carboxylic acids is 1. The molecule has 0 saturated heterocycles. The number of ether oxygens (including phenoxy) is 3. The fourth-order valence-corrected chi connectivity index (χ4v) is 4.87. The van der Waals surface area contributed by atoms with E-state index in [0.29, 0.717) is 55.7 Å². The van der Waals surface area contributed by atoms with Gasteiger partial charge in [-0.05, 0) is 37.6 Å². The Bertz CT molecular complexity index is 1700. The second kappa shape index (κ2) is 11.2. The van der Waals surface area contributed by atoms with Crippen molar-refractivity contribution in [1.29, 1.82) is 0 Å². The number of hydrogen-bond acceptors (Lipinski definition) is 12. The molecule has 0 aliphatic carbocycles. The maximum atomic E-state index is 12.7. The fourth-order valence-electron chi connectivity index (χ4n) is 4.05. The molecule has 0 aliphatic rings. The lowest BCUT2D eigenvalue weighted by molar-refractivity contribution is 0.102. The van der Waals surface area contributed by atoms with Gasteiger partial charge in [0, 0.05) is 41.8 Å². The number of nitrogen functional groups attached to an aromatic ring is 1. The maximum absolute atomic E-state index is 12.7. The molecule has 1 amide bonds. The molecule has 0 aliphatic heterocycles. The third-order valence-electron chi connectivity index (χ3n) is 6.27. The van der Waals surface area contributed by atoms with Crippen molar-refractivity contribution in [2.24, 2.45) is 7.05 Å². The van der Waals surface area contributed by atoms with Gasteiger partial charge in [0.25, 0.3) is 11.8 Å². The van der Waals surface area contributed by atoms with Crippen LogP contribution >= 0.6 is 11.3 Å². The van der Waals surface area contributed by atoms with Gasteiger partial charge in [0.15, 0.2) is 22.3 Å². The summed E-state index contributed by atoms with van der Waals surface area (Å²) in [6.45, 7) is 3.80. The molecule has 0 bridgehead atoms. The zero-order chi connectivity index (χ0) is 29.3. The number of nitrogens with two attached hydrogens (primary N) is 1. The van der Waals surface area contributed by atoms with E-state index < -0.39 is 0 Å². The lowest BCUT2D eigenvalue weighted by Crippen LogP contribution is -2.13. The molecule has 212 valence electrons. The van der Waals surface area contributed by atoms with Crippen LogP contribution in [0.2, 0.25) is 0 Å². The molecule has 2 aromatic carbocycles. The molecule has 0 atom stereocenters. The van der Waals surface area contributed by atoms with Crippen LogP contribution in [0.15, 0.2) is 40.9 Å². The Kier molecular flexibility index (Phi) is 7.48. The van der Waals surface area contributed by atoms with E-state index in [-0.39, 0.29) is 17.6 Å². The summed E-state index contributed by atoms with van der Waals surface area (Å²) in [4.78, 5) is 22.2. The molecule has 41 heavy (non-hydrogen) atoms. The number of benzene rings is 2. The SMILES string of the molecule is COc1cc(Nc2nc(N)c(-c3nc(-c4cc(NC(=O)c5cc(C)n(C)n5)ccc4C)no3)s2)cc(OC)c1OC. The number of nitrogens with zero attached hydrogens (tertiary/aromatic N) is 5. The van der Waals surface area contributed by atoms with Crippen LogP contribution in [0.25, 0.3) is 22.2 Å². The van der Waals surface area contributed by atoms with Crippen LogP contribution in [0.3, 0.4) is 0 Å². The summed E-state index contributed by atoms with van der Waals surface area (Å²) < 4.78 is 23.4. The number of aromatic nitrogens is 5. The average Bonchev–Trinajstić information content (AvgIpc) is 3.67. The smallest absolute Gasteiger partial charge is 0.276 e. The lowest BCUT2D eigenvalue weighted by atomic mass is 10.1. The summed E-state index contributed by atoms with van der Waals surface area (Å²) in [5.74, 6) is 1.92. The molecule has 0 spiro atoms. The largest absolute Gasteiger partial charge is 0.493 e. The first kappa shape index (κ1) is 27.5. The second-order valence-corrected chi connectivity index (χ2v) is 9.97. The first-order chi connectivity index (χ1) is 19.7. The van der Waals surface area contributed by atoms with Crippen molar-refractivity contribution in [2.45, 2.75) is 13.8 Å². The summed E-state index contributed by atoms with van der Waals surface area (Å²) in [6.07, 6.45) is 0. The zero-order valence-electron chi connectivity index (χ0n) is 23.2. The molecule has 3 aromatic heterocycles. The van der Waals surface area contributed by atoms with Crippen LogP contribution in [0.4, 0.5) is 22.3 Å². The van der Waals surface area contributed by atoms with E-state index in [2.05, 4.69) is 30.9 Å². The van der Waals surface area contributed by atoms with Gasteiger partial charge < -0.3 is 35.1 Å². The van der Waals surface area contributed by atoms with Crippen molar-refractivity contribution in [3.63, 3.8) is 0 Å². The summed E-state index contributed by atoms with van der Waals surface area (Å²) in [6, 6.07) is 10.7. The average molecular weight is 577 g/mol.